The first-order valence-electron chi connectivity index (χ1n) is 5.87. The average molecular weight is 207 g/mol. The summed E-state index contributed by atoms with van der Waals surface area (Å²) in [5, 5.41) is 0. The molecular weight excluding hydrogens is 186 g/mol. The number of nitrogens with zero attached hydrogens (tertiary/aromatic N) is 1. The fraction of sp³-hybridized carbons (Fsp3) is 0.769. The SMILES string of the molecule is C#CCCC(=O)C(C)(CC)N1CCCC1. The zero-order valence-corrected chi connectivity index (χ0v) is 9.88. The molecule has 1 aliphatic heterocycles. The highest BCUT2D eigenvalue weighted by Gasteiger charge is 2.37. The van der Waals surface area contributed by atoms with Gasteiger partial charge in [0.15, 0.2) is 5.78 Å². The van der Waals surface area contributed by atoms with E-state index in [0.29, 0.717) is 18.6 Å². The summed E-state index contributed by atoms with van der Waals surface area (Å²) >= 11 is 0. The van der Waals surface area contributed by atoms with Gasteiger partial charge in [0.2, 0.25) is 0 Å². The number of Topliss-reactive ketones (excluding diaryl/α,β-unsaturated/α-hetero) is 1. The highest BCUT2D eigenvalue weighted by Crippen LogP contribution is 2.26. The van der Waals surface area contributed by atoms with Crippen LogP contribution in [0.2, 0.25) is 0 Å². The van der Waals surface area contributed by atoms with Crippen LogP contribution in [0.3, 0.4) is 0 Å². The highest BCUT2D eigenvalue weighted by atomic mass is 16.1. The number of hydrogen-bond acceptors (Lipinski definition) is 2. The van der Waals surface area contributed by atoms with Crippen LogP contribution in [0.15, 0.2) is 0 Å². The van der Waals surface area contributed by atoms with Gasteiger partial charge in [0.25, 0.3) is 0 Å². The van der Waals surface area contributed by atoms with Crippen LogP contribution in [0.5, 0.6) is 0 Å². The summed E-state index contributed by atoms with van der Waals surface area (Å²) in [6.45, 7) is 6.28. The average Bonchev–Trinajstić information content (AvgIpc) is 2.78. The standard InChI is InChI=1S/C13H21NO/c1-4-6-9-12(15)13(3,5-2)14-10-7-8-11-14/h1H,5-11H2,2-3H3. The maximum absolute atomic E-state index is 12.1. The smallest absolute Gasteiger partial charge is 0.153 e. The molecule has 0 N–H and O–H groups in total. The summed E-state index contributed by atoms with van der Waals surface area (Å²) in [5.74, 6) is 2.86. The molecule has 0 aliphatic carbocycles. The molecule has 1 aliphatic rings. The minimum atomic E-state index is -0.270. The first-order valence-corrected chi connectivity index (χ1v) is 5.87. The van der Waals surface area contributed by atoms with Crippen molar-refractivity contribution in [3.8, 4) is 12.3 Å². The maximum atomic E-state index is 12.1. The fourth-order valence-corrected chi connectivity index (χ4v) is 2.26. The Bertz CT molecular complexity index is 260. The van der Waals surface area contributed by atoms with Crippen molar-refractivity contribution < 1.29 is 4.79 Å². The minimum absolute atomic E-state index is 0.270. The number of rotatable bonds is 5. The Morgan fingerprint density at radius 1 is 1.47 bits per heavy atom. The van der Waals surface area contributed by atoms with Gasteiger partial charge in [-0.25, -0.2) is 0 Å². The molecule has 1 fully saturated rings. The molecule has 0 bridgehead atoms. The monoisotopic (exact) mass is 207 g/mol. The number of carbonyl (C=O) groups excluding carboxylic acids is 1. The lowest BCUT2D eigenvalue weighted by Crippen LogP contribution is -2.50. The second kappa shape index (κ2) is 5.32. The predicted molar refractivity (Wildman–Crippen MR) is 62.6 cm³/mol. The van der Waals surface area contributed by atoms with Crippen LogP contribution < -0.4 is 0 Å². The predicted octanol–water partition coefficient (Wildman–Crippen LogP) is 2.23. The molecule has 2 heteroatoms. The molecule has 15 heavy (non-hydrogen) atoms. The van der Waals surface area contributed by atoms with Crippen molar-refractivity contribution in [2.75, 3.05) is 13.1 Å². The topological polar surface area (TPSA) is 20.3 Å². The van der Waals surface area contributed by atoms with E-state index in [0.717, 1.165) is 19.5 Å². The van der Waals surface area contributed by atoms with E-state index >= 15 is 0 Å². The van der Waals surface area contributed by atoms with Gasteiger partial charge in [-0.15, -0.1) is 12.3 Å². The number of hydrogen-bond donors (Lipinski definition) is 0. The number of terminal acetylenes is 1. The van der Waals surface area contributed by atoms with Crippen LogP contribution >= 0.6 is 0 Å². The molecule has 1 saturated heterocycles. The van der Waals surface area contributed by atoms with Gasteiger partial charge in [0.1, 0.15) is 0 Å². The Morgan fingerprint density at radius 3 is 2.53 bits per heavy atom. The van der Waals surface area contributed by atoms with Crippen LogP contribution in [0, 0.1) is 12.3 Å². The third-order valence-corrected chi connectivity index (χ3v) is 3.59. The largest absolute Gasteiger partial charge is 0.298 e. The third kappa shape index (κ3) is 2.60. The van der Waals surface area contributed by atoms with Gasteiger partial charge in [0.05, 0.1) is 5.54 Å². The van der Waals surface area contributed by atoms with Crippen LogP contribution in [-0.2, 0) is 4.79 Å². The molecule has 0 saturated carbocycles. The van der Waals surface area contributed by atoms with Crippen molar-refractivity contribution in [2.24, 2.45) is 0 Å². The van der Waals surface area contributed by atoms with E-state index in [1.165, 1.54) is 12.8 Å². The number of ketones is 1. The quantitative estimate of drug-likeness (QED) is 0.644. The lowest BCUT2D eigenvalue weighted by molar-refractivity contribution is -0.130. The number of likely N-dealkylation sites (tertiary alicyclic amines) is 1. The Hall–Kier alpha value is -0.810. The van der Waals surface area contributed by atoms with E-state index in [1.54, 1.807) is 0 Å². The zero-order chi connectivity index (χ0) is 11.3. The fourth-order valence-electron chi connectivity index (χ4n) is 2.26. The van der Waals surface area contributed by atoms with Crippen molar-refractivity contribution in [1.29, 1.82) is 0 Å². The first-order chi connectivity index (χ1) is 7.15. The summed E-state index contributed by atoms with van der Waals surface area (Å²) in [7, 11) is 0. The Kier molecular flexibility index (Phi) is 4.35. The third-order valence-electron chi connectivity index (χ3n) is 3.59. The Balaban J connectivity index is 2.65. The first kappa shape index (κ1) is 12.3. The lowest BCUT2D eigenvalue weighted by Gasteiger charge is -2.36. The van der Waals surface area contributed by atoms with Crippen molar-refractivity contribution >= 4 is 5.78 Å². The maximum Gasteiger partial charge on any atom is 0.153 e. The van der Waals surface area contributed by atoms with Crippen molar-refractivity contribution in [2.45, 2.75) is 51.5 Å². The van der Waals surface area contributed by atoms with Gasteiger partial charge in [-0.05, 0) is 39.3 Å². The van der Waals surface area contributed by atoms with Crippen LogP contribution in [-0.4, -0.2) is 29.3 Å². The number of carbonyl (C=O) groups is 1. The van der Waals surface area contributed by atoms with E-state index < -0.39 is 0 Å². The van der Waals surface area contributed by atoms with E-state index in [9.17, 15) is 4.79 Å². The summed E-state index contributed by atoms with van der Waals surface area (Å²) < 4.78 is 0. The van der Waals surface area contributed by atoms with E-state index in [2.05, 4.69) is 24.7 Å². The van der Waals surface area contributed by atoms with Crippen LogP contribution in [0.25, 0.3) is 0 Å². The van der Waals surface area contributed by atoms with Gasteiger partial charge in [-0.3, -0.25) is 9.69 Å². The summed E-state index contributed by atoms with van der Waals surface area (Å²) in [6, 6.07) is 0. The van der Waals surface area contributed by atoms with Gasteiger partial charge in [-0.1, -0.05) is 6.92 Å². The Morgan fingerprint density at radius 2 is 2.07 bits per heavy atom. The van der Waals surface area contributed by atoms with Gasteiger partial charge in [-0.2, -0.15) is 0 Å². The molecule has 0 radical (unpaired) electrons. The van der Waals surface area contributed by atoms with Crippen LogP contribution in [0.1, 0.15) is 46.0 Å². The molecule has 1 rings (SSSR count). The molecule has 84 valence electrons. The van der Waals surface area contributed by atoms with Crippen LogP contribution in [0.4, 0.5) is 0 Å². The molecule has 2 nitrogen and oxygen atoms in total. The van der Waals surface area contributed by atoms with E-state index in [1.807, 2.05) is 0 Å². The minimum Gasteiger partial charge on any atom is -0.298 e. The highest BCUT2D eigenvalue weighted by molar-refractivity contribution is 5.88. The molecular formula is C13H21NO. The lowest BCUT2D eigenvalue weighted by atomic mass is 9.88. The summed E-state index contributed by atoms with van der Waals surface area (Å²) in [4.78, 5) is 14.4. The summed E-state index contributed by atoms with van der Waals surface area (Å²) in [5.41, 5.74) is -0.270. The Labute approximate surface area is 93.0 Å². The molecule has 0 aromatic rings. The zero-order valence-electron chi connectivity index (χ0n) is 9.88. The van der Waals surface area contributed by atoms with Crippen molar-refractivity contribution in [3.63, 3.8) is 0 Å². The summed E-state index contributed by atoms with van der Waals surface area (Å²) in [6.07, 6.45) is 9.62. The van der Waals surface area contributed by atoms with E-state index in [4.69, 9.17) is 6.42 Å². The molecule has 0 aromatic carbocycles. The van der Waals surface area contributed by atoms with Gasteiger partial charge in [0, 0.05) is 12.8 Å². The molecule has 0 amide bonds. The molecule has 1 atom stereocenters. The van der Waals surface area contributed by atoms with E-state index in [-0.39, 0.29) is 5.54 Å². The van der Waals surface area contributed by atoms with Crippen molar-refractivity contribution in [3.05, 3.63) is 0 Å². The molecule has 1 heterocycles. The molecule has 0 spiro atoms. The second-order valence-electron chi connectivity index (χ2n) is 4.45. The van der Waals surface area contributed by atoms with Crippen molar-refractivity contribution in [1.82, 2.24) is 4.90 Å². The van der Waals surface area contributed by atoms with Gasteiger partial charge >= 0.3 is 0 Å². The van der Waals surface area contributed by atoms with Gasteiger partial charge < -0.3 is 0 Å². The molecule has 1 unspecified atom stereocenters. The molecule has 0 aromatic heterocycles. The second-order valence-corrected chi connectivity index (χ2v) is 4.45. The normalized spacial score (nSPS) is 20.9.